The van der Waals surface area contributed by atoms with Crippen LogP contribution < -0.4 is 24.0 Å². The zero-order chi connectivity index (χ0) is 30.1. The van der Waals surface area contributed by atoms with Crippen molar-refractivity contribution in [3.63, 3.8) is 0 Å². The Morgan fingerprint density at radius 1 is 1.00 bits per heavy atom. The average molecular weight is 582 g/mol. The number of aromatic hydroxyl groups is 1. The van der Waals surface area contributed by atoms with Crippen LogP contribution in [0.25, 0.3) is 0 Å². The molecule has 0 radical (unpaired) electrons. The van der Waals surface area contributed by atoms with Crippen molar-refractivity contribution in [2.45, 2.75) is 57.2 Å². The molecule has 0 saturated carbocycles. The fraction of sp³-hybridized carbons (Fsp3) is 0.484. The van der Waals surface area contributed by atoms with E-state index < -0.39 is 46.9 Å². The van der Waals surface area contributed by atoms with Gasteiger partial charge in [-0.05, 0) is 69.2 Å². The highest BCUT2D eigenvalue weighted by Gasteiger charge is 2.54. The van der Waals surface area contributed by atoms with Gasteiger partial charge in [-0.1, -0.05) is 0 Å². The minimum atomic E-state index is -0.833. The number of carbonyl (C=O) groups is 2. The molecule has 4 aliphatic rings. The number of carbonyl (C=O) groups excluding carboxylic acids is 2. The van der Waals surface area contributed by atoms with Crippen LogP contribution in [0.4, 0.5) is 0 Å². The van der Waals surface area contributed by atoms with Crippen LogP contribution in [0.2, 0.25) is 0 Å². The summed E-state index contributed by atoms with van der Waals surface area (Å²) >= 11 is 0. The first kappa shape index (κ1) is 28.2. The Balaban J connectivity index is 1.48. The third-order valence-electron chi connectivity index (χ3n) is 8.84. The summed E-state index contributed by atoms with van der Waals surface area (Å²) < 4.78 is 34.0. The number of nitrogens with one attached hydrogen (secondary N) is 1. The molecule has 2 aromatic carbocycles. The van der Waals surface area contributed by atoms with Crippen molar-refractivity contribution in [2.75, 3.05) is 27.6 Å². The van der Waals surface area contributed by atoms with Gasteiger partial charge in [0.2, 0.25) is 12.5 Å². The van der Waals surface area contributed by atoms with E-state index in [1.807, 2.05) is 19.9 Å². The topological polar surface area (TPSA) is 137 Å². The summed E-state index contributed by atoms with van der Waals surface area (Å²) in [5, 5.41) is 23.6. The van der Waals surface area contributed by atoms with Crippen LogP contribution in [0.15, 0.2) is 35.9 Å². The molecule has 11 nitrogen and oxygen atoms in total. The van der Waals surface area contributed by atoms with Crippen LogP contribution in [0, 0.1) is 17.0 Å². The first-order valence-electron chi connectivity index (χ1n) is 13.9. The molecule has 0 spiro atoms. The maximum atomic E-state index is 13.8. The summed E-state index contributed by atoms with van der Waals surface area (Å²) in [5.41, 5.74) is 0.861. The van der Waals surface area contributed by atoms with E-state index in [0.29, 0.717) is 33.8 Å². The summed E-state index contributed by atoms with van der Waals surface area (Å²) in [7, 11) is 2.87. The number of ether oxygens (including phenoxy) is 6. The second kappa shape index (κ2) is 9.81. The van der Waals surface area contributed by atoms with Gasteiger partial charge in [-0.25, -0.2) is 4.79 Å². The fourth-order valence-electron chi connectivity index (χ4n) is 7.06. The number of benzene rings is 2. The van der Waals surface area contributed by atoms with Crippen molar-refractivity contribution in [1.29, 1.82) is 0 Å². The van der Waals surface area contributed by atoms with Gasteiger partial charge in [0, 0.05) is 29.4 Å². The van der Waals surface area contributed by atoms with Gasteiger partial charge in [0.1, 0.15) is 11.6 Å². The third-order valence-corrected chi connectivity index (χ3v) is 8.84. The van der Waals surface area contributed by atoms with Crippen LogP contribution in [-0.4, -0.2) is 55.7 Å². The second-order valence-corrected chi connectivity index (χ2v) is 12.5. The van der Waals surface area contributed by atoms with E-state index in [1.165, 1.54) is 14.2 Å². The molecule has 42 heavy (non-hydrogen) atoms. The van der Waals surface area contributed by atoms with Crippen LogP contribution in [0.3, 0.4) is 0 Å². The fourth-order valence-corrected chi connectivity index (χ4v) is 7.06. The molecule has 2 aromatic rings. The van der Waals surface area contributed by atoms with Crippen LogP contribution in [0.5, 0.6) is 28.7 Å². The van der Waals surface area contributed by atoms with Gasteiger partial charge in [0.25, 0.3) is 0 Å². The number of cyclic esters (lactones) is 1. The Labute approximate surface area is 243 Å². The number of hydroxylamine groups is 2. The SMILES string of the molecule is COc1cc([C@@H]2c3cc4c(cc3[C@@H](OC(=O)C3=CC(C)(C)[NH+]([O-])C(C)(C)C3)[C@H]3COC(=O)[C@H]23)OCO4)cc(OC)c1O. The summed E-state index contributed by atoms with van der Waals surface area (Å²) in [5.74, 6) is -1.54. The Morgan fingerprint density at radius 3 is 2.21 bits per heavy atom. The van der Waals surface area contributed by atoms with E-state index in [1.54, 1.807) is 38.1 Å². The smallest absolute Gasteiger partial charge is 0.334 e. The molecule has 1 aliphatic carbocycles. The highest BCUT2D eigenvalue weighted by Crippen LogP contribution is 2.56. The predicted octanol–water partition coefficient (Wildman–Crippen LogP) is 2.93. The molecular formula is C31H35NO10. The van der Waals surface area contributed by atoms with Gasteiger partial charge in [0.05, 0.1) is 32.3 Å². The zero-order valence-electron chi connectivity index (χ0n) is 24.4. The van der Waals surface area contributed by atoms with Gasteiger partial charge in [-0.2, -0.15) is 0 Å². The quantitative estimate of drug-likeness (QED) is 0.401. The molecule has 1 fully saturated rings. The molecule has 1 saturated heterocycles. The Hall–Kier alpha value is -3.96. The highest BCUT2D eigenvalue weighted by atomic mass is 16.7. The molecule has 1 unspecified atom stereocenters. The van der Waals surface area contributed by atoms with E-state index in [-0.39, 0.29) is 42.1 Å². The van der Waals surface area contributed by atoms with Crippen molar-refractivity contribution in [2.24, 2.45) is 11.8 Å². The lowest BCUT2D eigenvalue weighted by molar-refractivity contribution is -0.943. The number of fused-ring (bicyclic) bond motifs is 3. The number of quaternary nitrogens is 1. The van der Waals surface area contributed by atoms with E-state index in [9.17, 15) is 19.9 Å². The maximum Gasteiger partial charge on any atom is 0.334 e. The lowest BCUT2D eigenvalue weighted by atomic mass is 9.66. The maximum absolute atomic E-state index is 13.8. The van der Waals surface area contributed by atoms with Crippen molar-refractivity contribution in [3.05, 3.63) is 57.8 Å². The number of rotatable bonds is 5. The van der Waals surface area contributed by atoms with E-state index in [4.69, 9.17) is 28.4 Å². The Bertz CT molecular complexity index is 1470. The Morgan fingerprint density at radius 2 is 1.62 bits per heavy atom. The Kier molecular flexibility index (Phi) is 6.58. The van der Waals surface area contributed by atoms with Crippen LogP contribution >= 0.6 is 0 Å². The number of hydrogen-bond acceptors (Lipinski definition) is 10. The monoisotopic (exact) mass is 581 g/mol. The number of phenols is 1. The number of phenolic OH excluding ortho intramolecular Hbond substituents is 1. The molecule has 0 bridgehead atoms. The van der Waals surface area contributed by atoms with Crippen molar-refractivity contribution in [3.8, 4) is 28.7 Å². The number of hydrogen-bond donors (Lipinski definition) is 2. The molecule has 5 atom stereocenters. The van der Waals surface area contributed by atoms with Gasteiger partial charge < -0.3 is 43.8 Å². The standard InChI is InChI=1S/C31H35NO10/c1-30(2)11-16(12-31(3,4)32(30)36)28(34)42-27-18-10-21-20(40-14-41-21)9-17(18)24(25-19(27)13-39-29(25)35)15-7-22(37-5)26(33)23(8-15)38-6/h7-11,19,24-25,27,32-33H,12-14H2,1-6H3/t19-,24+,25-,27+/m0/s1. The van der Waals surface area contributed by atoms with Gasteiger partial charge in [-0.15, -0.1) is 0 Å². The molecular weight excluding hydrogens is 546 g/mol. The lowest BCUT2D eigenvalue weighted by Crippen LogP contribution is -3.22. The van der Waals surface area contributed by atoms with Gasteiger partial charge >= 0.3 is 11.9 Å². The molecule has 3 aliphatic heterocycles. The third kappa shape index (κ3) is 4.33. The van der Waals surface area contributed by atoms with E-state index in [0.717, 1.165) is 0 Å². The predicted molar refractivity (Wildman–Crippen MR) is 148 cm³/mol. The molecule has 2 N–H and O–H groups in total. The first-order valence-corrected chi connectivity index (χ1v) is 13.9. The van der Waals surface area contributed by atoms with Gasteiger partial charge in [0.15, 0.2) is 23.0 Å². The van der Waals surface area contributed by atoms with Gasteiger partial charge in [-0.3, -0.25) is 4.79 Å². The van der Waals surface area contributed by atoms with Crippen molar-refractivity contribution < 1.29 is 48.2 Å². The zero-order valence-corrected chi connectivity index (χ0v) is 24.4. The molecule has 3 heterocycles. The summed E-state index contributed by atoms with van der Waals surface area (Å²) in [4.78, 5) is 27.1. The first-order chi connectivity index (χ1) is 19.9. The molecule has 224 valence electrons. The summed E-state index contributed by atoms with van der Waals surface area (Å²) in [6.45, 7) is 7.34. The summed E-state index contributed by atoms with van der Waals surface area (Å²) in [6.07, 6.45) is 1.10. The summed E-state index contributed by atoms with van der Waals surface area (Å²) in [6, 6.07) is 6.94. The largest absolute Gasteiger partial charge is 0.633 e. The normalized spacial score (nSPS) is 28.2. The number of esters is 2. The molecule has 6 rings (SSSR count). The molecule has 11 heteroatoms. The minimum absolute atomic E-state index is 0.0359. The second-order valence-electron chi connectivity index (χ2n) is 12.5. The van der Waals surface area contributed by atoms with E-state index in [2.05, 4.69) is 0 Å². The van der Waals surface area contributed by atoms with E-state index >= 15 is 0 Å². The van der Waals surface area contributed by atoms with Crippen LogP contribution in [-0.2, 0) is 19.1 Å². The minimum Gasteiger partial charge on any atom is -0.633 e. The average Bonchev–Trinajstić information content (AvgIpc) is 3.56. The van der Waals surface area contributed by atoms with Crippen molar-refractivity contribution in [1.82, 2.24) is 0 Å². The molecule has 0 aromatic heterocycles. The van der Waals surface area contributed by atoms with Crippen LogP contribution in [0.1, 0.15) is 62.8 Å². The highest BCUT2D eigenvalue weighted by molar-refractivity contribution is 5.89. The lowest BCUT2D eigenvalue weighted by Gasteiger charge is -2.50. The molecule has 0 amide bonds. The van der Waals surface area contributed by atoms with Crippen molar-refractivity contribution >= 4 is 11.9 Å². The number of methoxy groups -OCH3 is 2.